The first-order valence-electron chi connectivity index (χ1n) is 16.3. The van der Waals surface area contributed by atoms with Crippen molar-refractivity contribution >= 4 is 17.5 Å². The van der Waals surface area contributed by atoms with Crippen LogP contribution in [0.5, 0.6) is 11.5 Å². The van der Waals surface area contributed by atoms with Crippen molar-refractivity contribution in [2.24, 2.45) is 5.41 Å². The molecule has 1 unspecified atom stereocenters. The van der Waals surface area contributed by atoms with Crippen LogP contribution in [0.15, 0.2) is 70.6 Å². The lowest BCUT2D eigenvalue weighted by Crippen LogP contribution is -2.18. The van der Waals surface area contributed by atoms with Gasteiger partial charge in [0.1, 0.15) is 48.4 Å². The van der Waals surface area contributed by atoms with Gasteiger partial charge in [0.05, 0.1) is 21.3 Å². The van der Waals surface area contributed by atoms with E-state index in [1.165, 1.54) is 14.2 Å². The number of hydrogen-bond donors (Lipinski definition) is 0. The van der Waals surface area contributed by atoms with Gasteiger partial charge in [-0.1, -0.05) is 71.8 Å². The minimum atomic E-state index is -0.847. The molecule has 10 heteroatoms. The second-order valence-corrected chi connectivity index (χ2v) is 11.6. The van der Waals surface area contributed by atoms with Gasteiger partial charge in [0.15, 0.2) is 11.5 Å². The fourth-order valence-corrected chi connectivity index (χ4v) is 4.62. The second-order valence-electron chi connectivity index (χ2n) is 11.6. The monoisotopic (exact) mass is 678 g/mol. The Labute approximate surface area is 293 Å². The molecule has 0 saturated carbocycles. The predicted molar refractivity (Wildman–Crippen MR) is 191 cm³/mol. The molecule has 49 heavy (non-hydrogen) atoms. The molecule has 1 aromatic carbocycles. The number of nitriles is 2. The van der Waals surface area contributed by atoms with Crippen molar-refractivity contribution in [1.82, 2.24) is 0 Å². The molecule has 0 saturated heterocycles. The van der Waals surface area contributed by atoms with E-state index in [2.05, 4.69) is 0 Å². The number of rotatable bonds is 17. The van der Waals surface area contributed by atoms with Gasteiger partial charge < -0.3 is 28.4 Å². The van der Waals surface area contributed by atoms with Crippen LogP contribution in [0, 0.1) is 28.1 Å². The Balaban J connectivity index is 0.0000113. The standard InChI is InChI=1S/C37H48N2O8.C2H6/c1-11-13-28(26-15-17-33(44-9)34(21-26)45-10)30(24-39)36(41)47-19-18-46-35(40)29(23-38)27(22-37(4,5)6)20-25(3)14-16-32(43-8)31(12-2)42-7;1-2/h12,14-17,20-21,32H,11,13,18-19,22H2,1-10H3;1-2H3/b16-14?,25-20+,29-27-,30-28+,31-12+;. The molecule has 0 heterocycles. The quantitative estimate of drug-likeness (QED) is 0.0396. The Morgan fingerprint density at radius 1 is 0.918 bits per heavy atom. The van der Waals surface area contributed by atoms with E-state index in [4.69, 9.17) is 28.4 Å². The first-order valence-corrected chi connectivity index (χ1v) is 16.3. The molecule has 0 aliphatic carbocycles. The SMILES string of the molecule is C/C=C(/OC)C(C=C/C(C)=C/C(CC(C)(C)C)=C(\C#N)C(=O)OCCOC(=O)/C(C#N)=C(\CCC)c1ccc(OC)c(OC)c1)OC.CC. The number of carbonyl (C=O) groups is 2. The molecule has 0 bridgehead atoms. The lowest BCUT2D eigenvalue weighted by Gasteiger charge is -2.20. The zero-order valence-electron chi connectivity index (χ0n) is 31.3. The molecule has 0 aliphatic rings. The molecule has 0 aliphatic heterocycles. The molecule has 0 aromatic heterocycles. The maximum absolute atomic E-state index is 13.1. The molecule has 10 nitrogen and oxygen atoms in total. The summed E-state index contributed by atoms with van der Waals surface area (Å²) in [5.74, 6) is -0.0745. The van der Waals surface area contributed by atoms with Crippen LogP contribution in [-0.2, 0) is 28.5 Å². The Morgan fingerprint density at radius 2 is 1.49 bits per heavy atom. The molecule has 1 aromatic rings. The molecular formula is C39H54N2O8. The third-order valence-corrected chi connectivity index (χ3v) is 6.75. The summed E-state index contributed by atoms with van der Waals surface area (Å²) in [5, 5.41) is 19.8. The number of nitrogens with zero attached hydrogens (tertiary/aromatic N) is 2. The molecular weight excluding hydrogens is 624 g/mol. The zero-order valence-corrected chi connectivity index (χ0v) is 31.3. The van der Waals surface area contributed by atoms with Gasteiger partial charge in [0.25, 0.3) is 0 Å². The van der Waals surface area contributed by atoms with Gasteiger partial charge in [-0.25, -0.2) is 9.59 Å². The number of benzene rings is 1. The van der Waals surface area contributed by atoms with E-state index >= 15 is 0 Å². The third kappa shape index (κ3) is 14.9. The topological polar surface area (TPSA) is 137 Å². The van der Waals surface area contributed by atoms with Crippen LogP contribution in [0.1, 0.15) is 80.2 Å². The maximum Gasteiger partial charge on any atom is 0.349 e. The van der Waals surface area contributed by atoms with E-state index in [-0.39, 0.29) is 29.8 Å². The molecule has 0 spiro atoms. The number of carbonyl (C=O) groups excluding carboxylic acids is 2. The Kier molecular flexibility index (Phi) is 21.2. The van der Waals surface area contributed by atoms with E-state index in [1.54, 1.807) is 38.5 Å². The summed E-state index contributed by atoms with van der Waals surface area (Å²) in [7, 11) is 6.16. The minimum absolute atomic E-state index is 0.148. The maximum atomic E-state index is 13.1. The minimum Gasteiger partial charge on any atom is -0.498 e. The van der Waals surface area contributed by atoms with Gasteiger partial charge in [-0.3, -0.25) is 0 Å². The lowest BCUT2D eigenvalue weighted by atomic mass is 9.85. The van der Waals surface area contributed by atoms with E-state index < -0.39 is 18.0 Å². The number of hydrogen-bond acceptors (Lipinski definition) is 10. The molecule has 1 atom stereocenters. The van der Waals surface area contributed by atoms with Crippen LogP contribution < -0.4 is 9.47 Å². The highest BCUT2D eigenvalue weighted by molar-refractivity contribution is 6.01. The summed E-state index contributed by atoms with van der Waals surface area (Å²) >= 11 is 0. The Morgan fingerprint density at radius 3 is 1.94 bits per heavy atom. The summed E-state index contributed by atoms with van der Waals surface area (Å²) in [6.07, 6.45) is 8.34. The van der Waals surface area contributed by atoms with Crippen molar-refractivity contribution in [2.75, 3.05) is 41.7 Å². The smallest absolute Gasteiger partial charge is 0.349 e. The fraction of sp³-hybridized carbons (Fsp3) is 0.487. The van der Waals surface area contributed by atoms with Gasteiger partial charge in [0, 0.05) is 7.11 Å². The van der Waals surface area contributed by atoms with Crippen molar-refractivity contribution in [3.05, 3.63) is 76.1 Å². The van der Waals surface area contributed by atoms with Gasteiger partial charge in [-0.2, -0.15) is 10.5 Å². The third-order valence-electron chi connectivity index (χ3n) is 6.75. The average molecular weight is 679 g/mol. The zero-order chi connectivity index (χ0) is 37.6. The lowest BCUT2D eigenvalue weighted by molar-refractivity contribution is -0.146. The van der Waals surface area contributed by atoms with E-state index in [1.807, 2.05) is 85.8 Å². The predicted octanol–water partition coefficient (Wildman–Crippen LogP) is 8.22. The van der Waals surface area contributed by atoms with E-state index in [0.29, 0.717) is 53.2 Å². The largest absolute Gasteiger partial charge is 0.498 e. The van der Waals surface area contributed by atoms with Gasteiger partial charge in [-0.15, -0.1) is 0 Å². The van der Waals surface area contributed by atoms with Crippen LogP contribution in [0.2, 0.25) is 0 Å². The number of ether oxygens (including phenoxy) is 6. The highest BCUT2D eigenvalue weighted by atomic mass is 16.6. The number of esters is 2. The number of allylic oxidation sites excluding steroid dienone is 6. The van der Waals surface area contributed by atoms with Gasteiger partial charge in [0.2, 0.25) is 0 Å². The molecule has 0 amide bonds. The normalized spacial score (nSPS) is 13.4. The van der Waals surface area contributed by atoms with Gasteiger partial charge >= 0.3 is 11.9 Å². The summed E-state index contributed by atoms with van der Waals surface area (Å²) in [4.78, 5) is 26.0. The van der Waals surface area contributed by atoms with Crippen LogP contribution in [0.3, 0.4) is 0 Å². The second kappa shape index (κ2) is 23.5. The van der Waals surface area contributed by atoms with Crippen molar-refractivity contribution in [3.8, 4) is 23.6 Å². The van der Waals surface area contributed by atoms with Crippen molar-refractivity contribution < 1.29 is 38.0 Å². The summed E-state index contributed by atoms with van der Waals surface area (Å²) < 4.78 is 32.2. The van der Waals surface area contributed by atoms with Crippen molar-refractivity contribution in [3.63, 3.8) is 0 Å². The fourth-order valence-electron chi connectivity index (χ4n) is 4.62. The van der Waals surface area contributed by atoms with Crippen LogP contribution in [0.25, 0.3) is 5.57 Å². The van der Waals surface area contributed by atoms with E-state index in [0.717, 1.165) is 5.57 Å². The average Bonchev–Trinajstić information content (AvgIpc) is 3.08. The number of methoxy groups -OCH3 is 4. The molecule has 1 rings (SSSR count). The van der Waals surface area contributed by atoms with Crippen LogP contribution in [0.4, 0.5) is 0 Å². The Bertz CT molecular complexity index is 1480. The first-order chi connectivity index (χ1) is 23.3. The molecule has 268 valence electrons. The van der Waals surface area contributed by atoms with E-state index in [9.17, 15) is 20.1 Å². The Hall–Kier alpha value is -4.80. The highest BCUT2D eigenvalue weighted by Crippen LogP contribution is 2.33. The van der Waals surface area contributed by atoms with Gasteiger partial charge in [-0.05, 0) is 73.1 Å². The van der Waals surface area contributed by atoms with Crippen molar-refractivity contribution in [2.45, 2.75) is 80.8 Å². The highest BCUT2D eigenvalue weighted by Gasteiger charge is 2.23. The summed E-state index contributed by atoms with van der Waals surface area (Å²) in [6.45, 7) is 15.0. The van der Waals surface area contributed by atoms with Crippen LogP contribution >= 0.6 is 0 Å². The van der Waals surface area contributed by atoms with Crippen LogP contribution in [-0.4, -0.2) is 59.7 Å². The molecule has 0 fully saturated rings. The molecule has 0 N–H and O–H groups in total. The summed E-state index contributed by atoms with van der Waals surface area (Å²) in [6, 6.07) is 9.08. The first kappa shape index (κ1) is 44.2. The van der Waals surface area contributed by atoms with Crippen molar-refractivity contribution in [1.29, 1.82) is 10.5 Å². The molecule has 0 radical (unpaired) electrons. The summed E-state index contributed by atoms with van der Waals surface area (Å²) in [5.41, 5.74) is 1.84.